The molecule has 1 aromatic heterocycles. The van der Waals surface area contributed by atoms with Gasteiger partial charge in [0, 0.05) is 15.1 Å². The van der Waals surface area contributed by atoms with Gasteiger partial charge in [0.25, 0.3) is 0 Å². The average molecular weight is 256 g/mol. The highest BCUT2D eigenvalue weighted by molar-refractivity contribution is 7.22. The average Bonchev–Trinajstić information content (AvgIpc) is 2.81. The van der Waals surface area contributed by atoms with Crippen LogP contribution < -0.4 is 0 Å². The molecule has 0 aliphatic rings. The minimum absolute atomic E-state index is 0.228. The number of fused-ring (bicyclic) bond motifs is 1. The van der Waals surface area contributed by atoms with E-state index in [0.29, 0.717) is 5.56 Å². The van der Waals surface area contributed by atoms with Crippen molar-refractivity contribution in [3.05, 3.63) is 59.9 Å². The minimum Gasteiger partial charge on any atom is -0.298 e. The molecule has 0 unspecified atom stereocenters. The third-order valence-electron chi connectivity index (χ3n) is 2.79. The van der Waals surface area contributed by atoms with Crippen LogP contribution in [0.2, 0.25) is 0 Å². The van der Waals surface area contributed by atoms with Crippen molar-refractivity contribution >= 4 is 27.7 Å². The summed E-state index contributed by atoms with van der Waals surface area (Å²) >= 11 is 1.60. The third kappa shape index (κ3) is 1.93. The van der Waals surface area contributed by atoms with Gasteiger partial charge >= 0.3 is 0 Å². The highest BCUT2D eigenvalue weighted by Gasteiger charge is 2.05. The lowest BCUT2D eigenvalue weighted by Gasteiger charge is -1.97. The molecule has 0 saturated heterocycles. The first-order chi connectivity index (χ1) is 8.76. The summed E-state index contributed by atoms with van der Waals surface area (Å²) in [7, 11) is 0. The molecule has 0 atom stereocenters. The zero-order chi connectivity index (χ0) is 12.5. The van der Waals surface area contributed by atoms with E-state index >= 15 is 0 Å². The number of carbonyl (C=O) groups excluding carboxylic acids is 1. The summed E-state index contributed by atoms with van der Waals surface area (Å²) in [5.41, 5.74) is 1.64. The molecule has 0 N–H and O–H groups in total. The maximum Gasteiger partial charge on any atom is 0.150 e. The van der Waals surface area contributed by atoms with Crippen LogP contribution in [0.15, 0.2) is 48.5 Å². The zero-order valence-electron chi connectivity index (χ0n) is 9.39. The predicted octanol–water partition coefficient (Wildman–Crippen LogP) is 4.52. The van der Waals surface area contributed by atoms with Gasteiger partial charge in [0.15, 0.2) is 0 Å². The fraction of sp³-hybridized carbons (Fsp3) is 0. The second-order valence-corrected chi connectivity index (χ2v) is 5.12. The van der Waals surface area contributed by atoms with Crippen molar-refractivity contribution < 1.29 is 9.18 Å². The molecule has 0 saturated carbocycles. The summed E-state index contributed by atoms with van der Waals surface area (Å²) in [6.45, 7) is 0. The lowest BCUT2D eigenvalue weighted by molar-refractivity contribution is 0.112. The molecule has 0 fully saturated rings. The lowest BCUT2D eigenvalue weighted by Crippen LogP contribution is -1.79. The SMILES string of the molecule is O=Cc1cccc(-c2cc3cc(F)ccc3s2)c1. The van der Waals surface area contributed by atoms with E-state index in [9.17, 15) is 9.18 Å². The normalized spacial score (nSPS) is 10.7. The van der Waals surface area contributed by atoms with Crippen LogP contribution in [0.25, 0.3) is 20.5 Å². The van der Waals surface area contributed by atoms with Gasteiger partial charge in [0.2, 0.25) is 0 Å². The van der Waals surface area contributed by atoms with Crippen LogP contribution in [-0.4, -0.2) is 6.29 Å². The van der Waals surface area contributed by atoms with E-state index in [1.807, 2.05) is 24.3 Å². The van der Waals surface area contributed by atoms with Crippen LogP contribution in [0.1, 0.15) is 10.4 Å². The Balaban J connectivity index is 2.15. The molecule has 2 aromatic carbocycles. The number of thiophene rings is 1. The van der Waals surface area contributed by atoms with Gasteiger partial charge in [-0.15, -0.1) is 11.3 Å². The van der Waals surface area contributed by atoms with Crippen molar-refractivity contribution in [3.63, 3.8) is 0 Å². The van der Waals surface area contributed by atoms with E-state index in [0.717, 1.165) is 26.8 Å². The molecule has 1 nitrogen and oxygen atoms in total. The molecule has 3 aromatic rings. The van der Waals surface area contributed by atoms with Crippen molar-refractivity contribution in [1.82, 2.24) is 0 Å². The van der Waals surface area contributed by atoms with Gasteiger partial charge in [-0.3, -0.25) is 4.79 Å². The molecule has 3 rings (SSSR count). The summed E-state index contributed by atoms with van der Waals surface area (Å²) in [6.07, 6.45) is 0.830. The van der Waals surface area contributed by atoms with Crippen LogP contribution in [0, 0.1) is 5.82 Å². The first-order valence-electron chi connectivity index (χ1n) is 5.51. The summed E-state index contributed by atoms with van der Waals surface area (Å²) in [4.78, 5) is 11.8. The maximum absolute atomic E-state index is 13.1. The van der Waals surface area contributed by atoms with Crippen LogP contribution in [0.3, 0.4) is 0 Å². The largest absolute Gasteiger partial charge is 0.298 e. The van der Waals surface area contributed by atoms with Crippen LogP contribution >= 0.6 is 11.3 Å². The van der Waals surface area contributed by atoms with Crippen LogP contribution in [0.5, 0.6) is 0 Å². The van der Waals surface area contributed by atoms with Crippen molar-refractivity contribution in [2.45, 2.75) is 0 Å². The summed E-state index contributed by atoms with van der Waals surface area (Å²) in [5.74, 6) is -0.228. The summed E-state index contributed by atoms with van der Waals surface area (Å²) in [5, 5.41) is 0.895. The van der Waals surface area contributed by atoms with Crippen molar-refractivity contribution in [2.75, 3.05) is 0 Å². The van der Waals surface area contributed by atoms with Gasteiger partial charge in [-0.25, -0.2) is 4.39 Å². The van der Waals surface area contributed by atoms with Gasteiger partial charge in [-0.05, 0) is 41.3 Å². The van der Waals surface area contributed by atoms with Gasteiger partial charge < -0.3 is 0 Å². The van der Waals surface area contributed by atoms with E-state index in [1.54, 1.807) is 23.5 Å². The third-order valence-corrected chi connectivity index (χ3v) is 3.95. The Morgan fingerprint density at radius 2 is 1.94 bits per heavy atom. The topological polar surface area (TPSA) is 17.1 Å². The Bertz CT molecular complexity index is 730. The van der Waals surface area contributed by atoms with Gasteiger partial charge in [0.05, 0.1) is 0 Å². The molecular formula is C15H9FOS. The van der Waals surface area contributed by atoms with E-state index in [1.165, 1.54) is 12.1 Å². The van der Waals surface area contributed by atoms with Crippen molar-refractivity contribution in [3.8, 4) is 10.4 Å². The van der Waals surface area contributed by atoms with Gasteiger partial charge in [-0.1, -0.05) is 18.2 Å². The Hall–Kier alpha value is -2.00. The van der Waals surface area contributed by atoms with E-state index in [2.05, 4.69) is 0 Å². The summed E-state index contributed by atoms with van der Waals surface area (Å²) in [6, 6.07) is 14.1. The molecule has 0 radical (unpaired) electrons. The van der Waals surface area contributed by atoms with Crippen LogP contribution in [0.4, 0.5) is 4.39 Å². The van der Waals surface area contributed by atoms with E-state index < -0.39 is 0 Å². The second-order valence-electron chi connectivity index (χ2n) is 4.04. The molecular weight excluding hydrogens is 247 g/mol. The zero-order valence-corrected chi connectivity index (χ0v) is 10.2. The quantitative estimate of drug-likeness (QED) is 0.616. The molecule has 0 aliphatic heterocycles. The fourth-order valence-electron chi connectivity index (χ4n) is 1.92. The molecule has 0 bridgehead atoms. The number of aldehydes is 1. The van der Waals surface area contributed by atoms with E-state index in [-0.39, 0.29) is 5.82 Å². The monoisotopic (exact) mass is 256 g/mol. The van der Waals surface area contributed by atoms with Crippen molar-refractivity contribution in [2.24, 2.45) is 0 Å². The molecule has 0 spiro atoms. The Labute approximate surface area is 108 Å². The molecule has 3 heteroatoms. The second kappa shape index (κ2) is 4.35. The molecule has 18 heavy (non-hydrogen) atoms. The number of hydrogen-bond acceptors (Lipinski definition) is 2. The number of carbonyl (C=O) groups is 1. The number of rotatable bonds is 2. The van der Waals surface area contributed by atoms with Crippen molar-refractivity contribution in [1.29, 1.82) is 0 Å². The fourth-order valence-corrected chi connectivity index (χ4v) is 2.96. The molecule has 88 valence electrons. The van der Waals surface area contributed by atoms with Gasteiger partial charge in [-0.2, -0.15) is 0 Å². The predicted molar refractivity (Wildman–Crippen MR) is 72.6 cm³/mol. The first-order valence-corrected chi connectivity index (χ1v) is 6.32. The Kier molecular flexibility index (Phi) is 2.68. The number of hydrogen-bond donors (Lipinski definition) is 0. The standard InChI is InChI=1S/C15H9FOS/c16-13-4-5-14-12(7-13)8-15(18-14)11-3-1-2-10(6-11)9-17/h1-9H. The smallest absolute Gasteiger partial charge is 0.150 e. The Morgan fingerprint density at radius 3 is 2.78 bits per heavy atom. The molecule has 0 aliphatic carbocycles. The minimum atomic E-state index is -0.228. The maximum atomic E-state index is 13.1. The highest BCUT2D eigenvalue weighted by Crippen LogP contribution is 2.33. The molecule has 1 heterocycles. The molecule has 0 amide bonds. The van der Waals surface area contributed by atoms with E-state index in [4.69, 9.17) is 0 Å². The first kappa shape index (κ1) is 11.1. The Morgan fingerprint density at radius 1 is 1.06 bits per heavy atom. The number of benzene rings is 2. The summed E-state index contributed by atoms with van der Waals surface area (Å²) < 4.78 is 14.2. The van der Waals surface area contributed by atoms with Crippen LogP contribution in [-0.2, 0) is 0 Å². The number of halogens is 1. The lowest BCUT2D eigenvalue weighted by atomic mass is 10.1. The highest BCUT2D eigenvalue weighted by atomic mass is 32.1. The van der Waals surface area contributed by atoms with Gasteiger partial charge in [0.1, 0.15) is 12.1 Å².